The second-order valence-electron chi connectivity index (χ2n) is 8.42. The number of rotatable bonds is 8. The monoisotopic (exact) mass is 471 g/mol. The molecule has 2 aromatic carbocycles. The summed E-state index contributed by atoms with van der Waals surface area (Å²) in [5.74, 6) is -0.0883. The predicted octanol–water partition coefficient (Wildman–Crippen LogP) is 4.65. The van der Waals surface area contributed by atoms with E-state index in [0.29, 0.717) is 31.2 Å². The normalized spacial score (nSPS) is 14.8. The van der Waals surface area contributed by atoms with Crippen LogP contribution in [0.15, 0.2) is 42.5 Å². The molecule has 8 heteroatoms. The zero-order valence-electron chi connectivity index (χ0n) is 18.6. The van der Waals surface area contributed by atoms with Crippen molar-refractivity contribution in [2.75, 3.05) is 23.7 Å². The predicted molar refractivity (Wildman–Crippen MR) is 131 cm³/mol. The smallest absolute Gasteiger partial charge is 0.229 e. The Bertz CT molecular complexity index is 1200. The zero-order chi connectivity index (χ0) is 22.7. The largest absolute Gasteiger partial charge is 0.284 e. The summed E-state index contributed by atoms with van der Waals surface area (Å²) in [5.41, 5.74) is 4.18. The van der Waals surface area contributed by atoms with Crippen LogP contribution in [0.25, 0.3) is 10.2 Å². The van der Waals surface area contributed by atoms with E-state index in [1.807, 2.05) is 37.3 Å². The molecule has 1 aliphatic heterocycles. The fourth-order valence-electron chi connectivity index (χ4n) is 4.14. The highest BCUT2D eigenvalue weighted by Crippen LogP contribution is 2.33. The first-order valence-electron chi connectivity index (χ1n) is 11.0. The molecule has 0 saturated carbocycles. The molecule has 3 aromatic rings. The number of amides is 1. The average Bonchev–Trinajstić information content (AvgIpc) is 3.43. The molecule has 170 valence electrons. The quantitative estimate of drug-likeness (QED) is 0.479. The molecule has 2 heterocycles. The van der Waals surface area contributed by atoms with E-state index in [-0.39, 0.29) is 18.1 Å². The third-order valence-electron chi connectivity index (χ3n) is 5.79. The summed E-state index contributed by atoms with van der Waals surface area (Å²) in [6, 6.07) is 14.0. The van der Waals surface area contributed by atoms with E-state index in [0.717, 1.165) is 34.2 Å². The fraction of sp³-hybridized carbons (Fsp3) is 0.417. The molecular formula is C24H29N3O3S2. The Morgan fingerprint density at radius 2 is 1.84 bits per heavy atom. The number of thiazole rings is 1. The van der Waals surface area contributed by atoms with Crippen LogP contribution >= 0.6 is 11.3 Å². The van der Waals surface area contributed by atoms with Crippen molar-refractivity contribution in [3.63, 3.8) is 0 Å². The standard InChI is InChI=1S/C24H29N3O3S2/c1-18-15-19(2)23-21(16-18)31-24(25-23)27(17-20-9-4-3-5-10-20)22(28)11-8-14-32(29,30)26-12-6-7-13-26/h3-5,9-10,15-16H,6-8,11-14,17H2,1-2H3. The summed E-state index contributed by atoms with van der Waals surface area (Å²) in [5, 5.41) is 0.657. The highest BCUT2D eigenvalue weighted by atomic mass is 32.2. The summed E-state index contributed by atoms with van der Waals surface area (Å²) in [7, 11) is -3.29. The zero-order valence-corrected chi connectivity index (χ0v) is 20.2. The molecule has 1 saturated heterocycles. The van der Waals surface area contributed by atoms with Crippen molar-refractivity contribution in [1.29, 1.82) is 0 Å². The van der Waals surface area contributed by atoms with Crippen LogP contribution in [-0.4, -0.2) is 42.5 Å². The molecule has 0 bridgehead atoms. The number of anilines is 1. The summed E-state index contributed by atoms with van der Waals surface area (Å²) < 4.78 is 27.7. The van der Waals surface area contributed by atoms with E-state index in [4.69, 9.17) is 4.98 Å². The molecule has 1 aliphatic rings. The van der Waals surface area contributed by atoms with Crippen LogP contribution in [0.1, 0.15) is 42.4 Å². The summed E-state index contributed by atoms with van der Waals surface area (Å²) in [6.45, 7) is 5.70. The van der Waals surface area contributed by atoms with Crippen LogP contribution in [0.4, 0.5) is 5.13 Å². The van der Waals surface area contributed by atoms with Crippen molar-refractivity contribution in [3.05, 3.63) is 59.2 Å². The van der Waals surface area contributed by atoms with Gasteiger partial charge in [0, 0.05) is 19.5 Å². The van der Waals surface area contributed by atoms with Gasteiger partial charge < -0.3 is 0 Å². The molecule has 0 atom stereocenters. The van der Waals surface area contributed by atoms with Crippen molar-refractivity contribution >= 4 is 42.6 Å². The Balaban J connectivity index is 1.54. The van der Waals surface area contributed by atoms with Gasteiger partial charge in [0.1, 0.15) is 0 Å². The topological polar surface area (TPSA) is 70.6 Å². The van der Waals surface area contributed by atoms with Crippen LogP contribution in [-0.2, 0) is 21.4 Å². The third-order valence-corrected chi connectivity index (χ3v) is 8.77. The van der Waals surface area contributed by atoms with Crippen molar-refractivity contribution in [2.45, 2.75) is 46.1 Å². The van der Waals surface area contributed by atoms with Crippen molar-refractivity contribution in [2.24, 2.45) is 0 Å². The van der Waals surface area contributed by atoms with Gasteiger partial charge in [-0.05, 0) is 55.9 Å². The van der Waals surface area contributed by atoms with Gasteiger partial charge in [0.05, 0.1) is 22.5 Å². The van der Waals surface area contributed by atoms with Gasteiger partial charge in [-0.2, -0.15) is 0 Å². The van der Waals surface area contributed by atoms with Crippen LogP contribution < -0.4 is 4.90 Å². The molecule has 0 spiro atoms. The second kappa shape index (κ2) is 9.68. The Kier molecular flexibility index (Phi) is 6.93. The van der Waals surface area contributed by atoms with Gasteiger partial charge in [0.2, 0.25) is 15.9 Å². The van der Waals surface area contributed by atoms with Crippen molar-refractivity contribution in [3.8, 4) is 0 Å². The van der Waals surface area contributed by atoms with Gasteiger partial charge in [-0.3, -0.25) is 9.69 Å². The molecule has 0 aliphatic carbocycles. The van der Waals surface area contributed by atoms with E-state index in [9.17, 15) is 13.2 Å². The molecule has 32 heavy (non-hydrogen) atoms. The lowest BCUT2D eigenvalue weighted by molar-refractivity contribution is -0.118. The number of aryl methyl sites for hydroxylation is 2. The second-order valence-corrected chi connectivity index (χ2v) is 11.5. The van der Waals surface area contributed by atoms with Crippen molar-refractivity contribution in [1.82, 2.24) is 9.29 Å². The molecule has 0 radical (unpaired) electrons. The molecule has 1 aromatic heterocycles. The number of benzene rings is 2. The maximum Gasteiger partial charge on any atom is 0.229 e. The van der Waals surface area contributed by atoms with Gasteiger partial charge in [-0.15, -0.1) is 0 Å². The average molecular weight is 472 g/mol. The Morgan fingerprint density at radius 3 is 2.56 bits per heavy atom. The number of fused-ring (bicyclic) bond motifs is 1. The molecule has 6 nitrogen and oxygen atoms in total. The minimum Gasteiger partial charge on any atom is -0.284 e. The number of hydrogen-bond donors (Lipinski definition) is 0. The first-order valence-corrected chi connectivity index (χ1v) is 13.5. The first kappa shape index (κ1) is 22.9. The molecule has 4 rings (SSSR count). The van der Waals surface area contributed by atoms with E-state index in [1.54, 1.807) is 9.21 Å². The number of aromatic nitrogens is 1. The molecule has 1 fully saturated rings. The summed E-state index contributed by atoms with van der Waals surface area (Å²) >= 11 is 1.51. The van der Waals surface area contributed by atoms with Gasteiger partial charge >= 0.3 is 0 Å². The van der Waals surface area contributed by atoms with E-state index < -0.39 is 10.0 Å². The van der Waals surface area contributed by atoms with Gasteiger partial charge in [0.15, 0.2) is 5.13 Å². The molecule has 0 unspecified atom stereocenters. The van der Waals surface area contributed by atoms with E-state index in [1.165, 1.54) is 16.9 Å². The van der Waals surface area contributed by atoms with Gasteiger partial charge in [0.25, 0.3) is 0 Å². The molecule has 1 amide bonds. The maximum atomic E-state index is 13.3. The Labute approximate surface area is 193 Å². The van der Waals surface area contributed by atoms with E-state index in [2.05, 4.69) is 19.1 Å². The maximum absolute atomic E-state index is 13.3. The van der Waals surface area contributed by atoms with Crippen LogP contribution in [0.5, 0.6) is 0 Å². The Hall–Kier alpha value is -2.29. The van der Waals surface area contributed by atoms with Gasteiger partial charge in [-0.1, -0.05) is 47.7 Å². The van der Waals surface area contributed by atoms with Crippen LogP contribution in [0.2, 0.25) is 0 Å². The molecular weight excluding hydrogens is 442 g/mol. The minimum absolute atomic E-state index is 0.00998. The SMILES string of the molecule is Cc1cc(C)c2nc(N(Cc3ccccc3)C(=O)CCCS(=O)(=O)N3CCCC3)sc2c1. The van der Waals surface area contributed by atoms with Crippen LogP contribution in [0, 0.1) is 13.8 Å². The number of carbonyl (C=O) groups excluding carboxylic acids is 1. The first-order chi connectivity index (χ1) is 15.3. The lowest BCUT2D eigenvalue weighted by Gasteiger charge is -2.20. The summed E-state index contributed by atoms with van der Waals surface area (Å²) in [4.78, 5) is 19.8. The van der Waals surface area contributed by atoms with E-state index >= 15 is 0 Å². The fourth-order valence-corrected chi connectivity index (χ4v) is 6.88. The minimum atomic E-state index is -3.29. The summed E-state index contributed by atoms with van der Waals surface area (Å²) in [6.07, 6.45) is 2.32. The number of nitrogens with zero attached hydrogens (tertiary/aromatic N) is 3. The van der Waals surface area contributed by atoms with Gasteiger partial charge in [-0.25, -0.2) is 17.7 Å². The lowest BCUT2D eigenvalue weighted by Crippen LogP contribution is -2.32. The number of hydrogen-bond acceptors (Lipinski definition) is 5. The highest BCUT2D eigenvalue weighted by Gasteiger charge is 2.26. The Morgan fingerprint density at radius 1 is 1.12 bits per heavy atom. The highest BCUT2D eigenvalue weighted by molar-refractivity contribution is 7.89. The van der Waals surface area contributed by atoms with Crippen molar-refractivity contribution < 1.29 is 13.2 Å². The third kappa shape index (κ3) is 5.19. The number of carbonyl (C=O) groups is 1. The lowest BCUT2D eigenvalue weighted by atomic mass is 10.1. The van der Waals surface area contributed by atoms with Crippen LogP contribution in [0.3, 0.4) is 0 Å². The number of sulfonamides is 1. The molecule has 0 N–H and O–H groups in total.